The first-order valence-electron chi connectivity index (χ1n) is 7.42. The molecular weight excluding hydrogens is 291 g/mol. The van der Waals surface area contributed by atoms with Crippen LogP contribution in [0.1, 0.15) is 48.0 Å². The molecule has 5 heteroatoms. The van der Waals surface area contributed by atoms with Gasteiger partial charge in [-0.25, -0.2) is 12.8 Å². The zero-order valence-corrected chi connectivity index (χ0v) is 12.8. The van der Waals surface area contributed by atoms with Crippen LogP contribution in [0.25, 0.3) is 0 Å². The van der Waals surface area contributed by atoms with Crippen LogP contribution in [0, 0.1) is 18.7 Å². The van der Waals surface area contributed by atoms with Crippen molar-refractivity contribution in [3.8, 4) is 0 Å². The van der Waals surface area contributed by atoms with E-state index >= 15 is 0 Å². The highest BCUT2D eigenvalue weighted by Crippen LogP contribution is 2.40. The minimum atomic E-state index is -3.08. The number of rotatable bonds is 2. The fourth-order valence-electron chi connectivity index (χ4n) is 3.67. The first-order valence-corrected chi connectivity index (χ1v) is 9.03. The summed E-state index contributed by atoms with van der Waals surface area (Å²) in [6, 6.07) is 4.51. The van der Waals surface area contributed by atoms with Crippen molar-refractivity contribution in [1.29, 1.82) is 0 Å². The zero-order valence-electron chi connectivity index (χ0n) is 12.0. The van der Waals surface area contributed by atoms with E-state index in [1.54, 1.807) is 12.1 Å². The van der Waals surface area contributed by atoms with Gasteiger partial charge in [0.1, 0.15) is 5.82 Å². The number of ketones is 1. The Kier molecular flexibility index (Phi) is 3.64. The second-order valence-corrected chi connectivity index (χ2v) is 8.79. The summed E-state index contributed by atoms with van der Waals surface area (Å²) in [5, 5.41) is -0.821. The number of Topliss-reactive ketones (excluding diaryl/α,β-unsaturated/α-hetero) is 1. The van der Waals surface area contributed by atoms with Gasteiger partial charge in [0.15, 0.2) is 15.6 Å². The number of halogens is 1. The van der Waals surface area contributed by atoms with Crippen molar-refractivity contribution in [1.82, 2.24) is 0 Å². The van der Waals surface area contributed by atoms with Gasteiger partial charge >= 0.3 is 0 Å². The van der Waals surface area contributed by atoms with Crippen LogP contribution < -0.4 is 0 Å². The Morgan fingerprint density at radius 1 is 1.19 bits per heavy atom. The van der Waals surface area contributed by atoms with Gasteiger partial charge in [-0.3, -0.25) is 4.79 Å². The van der Waals surface area contributed by atoms with E-state index in [2.05, 4.69) is 0 Å². The summed E-state index contributed by atoms with van der Waals surface area (Å²) in [7, 11) is -3.08. The topological polar surface area (TPSA) is 51.2 Å². The van der Waals surface area contributed by atoms with Gasteiger partial charge in [-0.2, -0.15) is 0 Å². The molecule has 2 bridgehead atoms. The van der Waals surface area contributed by atoms with E-state index in [4.69, 9.17) is 0 Å². The summed E-state index contributed by atoms with van der Waals surface area (Å²) in [5.41, 5.74) is 0.945. The highest BCUT2D eigenvalue weighted by atomic mass is 32.2. The summed E-state index contributed by atoms with van der Waals surface area (Å²) in [6.07, 6.45) is 2.89. The molecule has 1 aromatic rings. The first kappa shape index (κ1) is 14.7. The van der Waals surface area contributed by atoms with E-state index in [0.717, 1.165) is 12.0 Å². The Hall–Kier alpha value is -1.23. The monoisotopic (exact) mass is 310 g/mol. The molecule has 21 heavy (non-hydrogen) atoms. The molecule has 3 rings (SSSR count). The summed E-state index contributed by atoms with van der Waals surface area (Å²) in [6.45, 7) is 1.82. The van der Waals surface area contributed by atoms with Crippen LogP contribution in [0.4, 0.5) is 4.39 Å². The fraction of sp³-hybridized carbons (Fsp3) is 0.562. The van der Waals surface area contributed by atoms with Crippen LogP contribution in [0.5, 0.6) is 0 Å². The molecule has 2 heterocycles. The number of carbonyl (C=O) groups is 1. The largest absolute Gasteiger partial charge is 0.294 e. The molecule has 1 aromatic carbocycles. The predicted octanol–water partition coefficient (Wildman–Crippen LogP) is 3.06. The maximum Gasteiger partial charge on any atom is 0.168 e. The average Bonchev–Trinajstić information content (AvgIpc) is 2.39. The molecule has 0 spiro atoms. The van der Waals surface area contributed by atoms with E-state index in [0.29, 0.717) is 25.7 Å². The van der Waals surface area contributed by atoms with E-state index in [9.17, 15) is 17.6 Å². The van der Waals surface area contributed by atoms with Crippen LogP contribution in [0.2, 0.25) is 0 Å². The lowest BCUT2D eigenvalue weighted by Crippen LogP contribution is -2.45. The van der Waals surface area contributed by atoms with Gasteiger partial charge in [-0.05, 0) is 44.7 Å². The first-order chi connectivity index (χ1) is 9.89. The number of benzene rings is 1. The smallest absolute Gasteiger partial charge is 0.168 e. The number of aryl methyl sites for hydroxylation is 1. The third-order valence-corrected chi connectivity index (χ3v) is 7.55. The van der Waals surface area contributed by atoms with Gasteiger partial charge in [-0.15, -0.1) is 0 Å². The Morgan fingerprint density at radius 3 is 2.43 bits per heavy atom. The maximum absolute atomic E-state index is 13.9. The van der Waals surface area contributed by atoms with Crippen molar-refractivity contribution in [2.75, 3.05) is 0 Å². The van der Waals surface area contributed by atoms with Crippen molar-refractivity contribution in [3.05, 3.63) is 35.1 Å². The van der Waals surface area contributed by atoms with E-state index in [1.807, 2.05) is 6.92 Å². The fourth-order valence-corrected chi connectivity index (χ4v) is 6.21. The molecule has 2 atom stereocenters. The zero-order chi connectivity index (χ0) is 15.2. The van der Waals surface area contributed by atoms with E-state index in [-0.39, 0.29) is 17.3 Å². The molecule has 0 amide bonds. The average molecular weight is 310 g/mol. The lowest BCUT2D eigenvalue weighted by Gasteiger charge is -2.38. The molecule has 0 radical (unpaired) electrons. The number of hydrogen-bond donors (Lipinski definition) is 0. The van der Waals surface area contributed by atoms with Gasteiger partial charge in [0, 0.05) is 5.92 Å². The van der Waals surface area contributed by atoms with Crippen molar-refractivity contribution in [2.45, 2.75) is 49.5 Å². The second-order valence-electron chi connectivity index (χ2n) is 6.28. The molecular formula is C16H19FO3S. The molecule has 114 valence electrons. The molecule has 2 unspecified atom stereocenters. The van der Waals surface area contributed by atoms with Crippen LogP contribution in [-0.2, 0) is 9.84 Å². The summed E-state index contributed by atoms with van der Waals surface area (Å²) in [4.78, 5) is 12.6. The highest BCUT2D eigenvalue weighted by Gasteiger charge is 2.46. The predicted molar refractivity (Wildman–Crippen MR) is 78.5 cm³/mol. The van der Waals surface area contributed by atoms with Crippen molar-refractivity contribution in [3.63, 3.8) is 0 Å². The number of carbonyl (C=O) groups excluding carboxylic acids is 1. The molecule has 0 aliphatic carbocycles. The lowest BCUT2D eigenvalue weighted by atomic mass is 9.84. The molecule has 2 aliphatic heterocycles. The van der Waals surface area contributed by atoms with Crippen molar-refractivity contribution in [2.24, 2.45) is 5.92 Å². The van der Waals surface area contributed by atoms with Crippen LogP contribution in [0.15, 0.2) is 18.2 Å². The van der Waals surface area contributed by atoms with Crippen LogP contribution >= 0.6 is 0 Å². The quantitative estimate of drug-likeness (QED) is 0.789. The molecule has 2 fully saturated rings. The molecule has 2 saturated heterocycles. The van der Waals surface area contributed by atoms with E-state index < -0.39 is 26.2 Å². The molecule has 0 aromatic heterocycles. The Bertz CT molecular complexity index is 661. The Labute approximate surface area is 124 Å². The SMILES string of the molecule is Cc1ccc(F)c(C(=O)C2CC3CCCC(C2)S3(=O)=O)c1. The third kappa shape index (κ3) is 2.52. The maximum atomic E-state index is 13.9. The summed E-state index contributed by atoms with van der Waals surface area (Å²) in [5.74, 6) is -1.10. The number of sulfone groups is 1. The Morgan fingerprint density at radius 2 is 1.81 bits per heavy atom. The minimum absolute atomic E-state index is 0.109. The second kappa shape index (κ2) is 5.20. The van der Waals surface area contributed by atoms with Gasteiger partial charge < -0.3 is 0 Å². The normalized spacial score (nSPS) is 30.9. The van der Waals surface area contributed by atoms with Crippen LogP contribution in [0.3, 0.4) is 0 Å². The summed E-state index contributed by atoms with van der Waals surface area (Å²) < 4.78 is 38.3. The standard InChI is InChI=1S/C16H19FO3S/c1-10-5-6-15(17)14(7-10)16(18)11-8-12-3-2-4-13(9-11)21(12,19)20/h5-7,11-13H,2-4,8-9H2,1H3. The number of hydrogen-bond acceptors (Lipinski definition) is 3. The molecule has 3 nitrogen and oxygen atoms in total. The third-order valence-electron chi connectivity index (χ3n) is 4.83. The lowest BCUT2D eigenvalue weighted by molar-refractivity contribution is 0.0889. The molecule has 2 aliphatic rings. The van der Waals surface area contributed by atoms with E-state index in [1.165, 1.54) is 6.07 Å². The van der Waals surface area contributed by atoms with Gasteiger partial charge in [0.25, 0.3) is 0 Å². The van der Waals surface area contributed by atoms with Gasteiger partial charge in [0.05, 0.1) is 16.1 Å². The summed E-state index contributed by atoms with van der Waals surface area (Å²) >= 11 is 0. The van der Waals surface area contributed by atoms with Crippen molar-refractivity contribution >= 4 is 15.6 Å². The van der Waals surface area contributed by atoms with Gasteiger partial charge in [0.2, 0.25) is 0 Å². The molecule has 0 saturated carbocycles. The highest BCUT2D eigenvalue weighted by molar-refractivity contribution is 7.92. The van der Waals surface area contributed by atoms with Gasteiger partial charge in [-0.1, -0.05) is 18.1 Å². The van der Waals surface area contributed by atoms with Crippen molar-refractivity contribution < 1.29 is 17.6 Å². The number of fused-ring (bicyclic) bond motifs is 2. The van der Waals surface area contributed by atoms with Crippen LogP contribution in [-0.4, -0.2) is 24.7 Å². The Balaban J connectivity index is 1.89. The minimum Gasteiger partial charge on any atom is -0.294 e. The molecule has 0 N–H and O–H groups in total.